The summed E-state index contributed by atoms with van der Waals surface area (Å²) in [4.78, 5) is 6.91. The molecule has 0 radical (unpaired) electrons. The van der Waals surface area contributed by atoms with Crippen molar-refractivity contribution in [3.63, 3.8) is 0 Å². The predicted octanol–water partition coefficient (Wildman–Crippen LogP) is 4.98. The molecule has 0 N–H and O–H groups in total. The van der Waals surface area contributed by atoms with Crippen LogP contribution in [0, 0.1) is 12.7 Å². The van der Waals surface area contributed by atoms with Crippen molar-refractivity contribution in [3.8, 4) is 17.2 Å². The number of likely N-dealkylation sites (tertiary alicyclic amines) is 1. The van der Waals surface area contributed by atoms with Gasteiger partial charge in [-0.1, -0.05) is 30.3 Å². The molecule has 1 aromatic heterocycles. The van der Waals surface area contributed by atoms with E-state index >= 15 is 0 Å². The second kappa shape index (κ2) is 9.41. The standard InChI is InChI=1S/C24H27FN2O3/c1-17-23(26-24(30-17)21-11-10-19(28-2)13-22(21)25)15-27-12-6-9-20(14-27)29-16-18-7-4-3-5-8-18/h3-5,7-8,10-11,13,20H,6,9,12,14-16H2,1-2H3/t20-/m0/s1. The highest BCUT2D eigenvalue weighted by molar-refractivity contribution is 5.56. The van der Waals surface area contributed by atoms with Gasteiger partial charge < -0.3 is 13.9 Å². The Hall–Kier alpha value is -2.70. The first-order valence-electron chi connectivity index (χ1n) is 10.3. The summed E-state index contributed by atoms with van der Waals surface area (Å²) in [5.74, 6) is 1.08. The third kappa shape index (κ3) is 4.89. The molecule has 0 unspecified atom stereocenters. The smallest absolute Gasteiger partial charge is 0.229 e. The highest BCUT2D eigenvalue weighted by Crippen LogP contribution is 2.28. The van der Waals surface area contributed by atoms with Crippen LogP contribution in [0.5, 0.6) is 5.75 Å². The summed E-state index contributed by atoms with van der Waals surface area (Å²) in [5.41, 5.74) is 2.37. The zero-order valence-corrected chi connectivity index (χ0v) is 17.4. The number of aryl methyl sites for hydroxylation is 1. The van der Waals surface area contributed by atoms with Crippen molar-refractivity contribution in [2.24, 2.45) is 0 Å². The maximum absolute atomic E-state index is 14.4. The lowest BCUT2D eigenvalue weighted by atomic mass is 10.1. The van der Waals surface area contributed by atoms with E-state index in [1.54, 1.807) is 12.1 Å². The molecule has 2 aromatic carbocycles. The molecule has 0 bridgehead atoms. The molecule has 0 spiro atoms. The van der Waals surface area contributed by atoms with Crippen LogP contribution >= 0.6 is 0 Å². The van der Waals surface area contributed by atoms with E-state index in [2.05, 4.69) is 22.0 Å². The third-order valence-corrected chi connectivity index (χ3v) is 5.46. The molecule has 1 fully saturated rings. The van der Waals surface area contributed by atoms with Gasteiger partial charge in [-0.3, -0.25) is 4.90 Å². The van der Waals surface area contributed by atoms with Gasteiger partial charge in [0.05, 0.1) is 31.1 Å². The van der Waals surface area contributed by atoms with Crippen LogP contribution in [-0.4, -0.2) is 36.2 Å². The van der Waals surface area contributed by atoms with Crippen LogP contribution < -0.4 is 4.74 Å². The van der Waals surface area contributed by atoms with Crippen LogP contribution in [0.3, 0.4) is 0 Å². The molecule has 3 aromatic rings. The van der Waals surface area contributed by atoms with Gasteiger partial charge in [0.2, 0.25) is 5.89 Å². The van der Waals surface area contributed by atoms with Crippen molar-refractivity contribution >= 4 is 0 Å². The van der Waals surface area contributed by atoms with Crippen molar-refractivity contribution in [2.75, 3.05) is 20.2 Å². The van der Waals surface area contributed by atoms with E-state index in [0.717, 1.165) is 31.6 Å². The molecule has 1 aliphatic rings. The summed E-state index contributed by atoms with van der Waals surface area (Å²) in [6.45, 7) is 5.01. The van der Waals surface area contributed by atoms with E-state index in [-0.39, 0.29) is 6.10 Å². The van der Waals surface area contributed by atoms with E-state index in [0.29, 0.717) is 36.1 Å². The Morgan fingerprint density at radius 2 is 2.03 bits per heavy atom. The topological polar surface area (TPSA) is 47.7 Å². The molecule has 0 saturated carbocycles. The summed E-state index contributed by atoms with van der Waals surface area (Å²) < 4.78 is 31.4. The minimum Gasteiger partial charge on any atom is -0.497 e. The van der Waals surface area contributed by atoms with Gasteiger partial charge in [-0.25, -0.2) is 9.37 Å². The highest BCUT2D eigenvalue weighted by Gasteiger charge is 2.23. The minimum atomic E-state index is -0.408. The molecule has 1 atom stereocenters. The maximum atomic E-state index is 14.4. The Morgan fingerprint density at radius 3 is 2.80 bits per heavy atom. The lowest BCUT2D eigenvalue weighted by Gasteiger charge is -2.32. The number of benzene rings is 2. The minimum absolute atomic E-state index is 0.199. The van der Waals surface area contributed by atoms with E-state index in [1.807, 2.05) is 25.1 Å². The number of methoxy groups -OCH3 is 1. The molecule has 6 heteroatoms. The van der Waals surface area contributed by atoms with Gasteiger partial charge in [0, 0.05) is 19.2 Å². The fraction of sp³-hybridized carbons (Fsp3) is 0.375. The number of nitrogens with zero attached hydrogens (tertiary/aromatic N) is 2. The van der Waals surface area contributed by atoms with E-state index in [9.17, 15) is 4.39 Å². The first-order chi connectivity index (χ1) is 14.6. The van der Waals surface area contributed by atoms with Gasteiger partial charge in [-0.05, 0) is 44.0 Å². The van der Waals surface area contributed by atoms with Crippen molar-refractivity contribution < 1.29 is 18.3 Å². The van der Waals surface area contributed by atoms with Gasteiger partial charge in [0.1, 0.15) is 17.3 Å². The van der Waals surface area contributed by atoms with Gasteiger partial charge in [-0.2, -0.15) is 0 Å². The molecular weight excluding hydrogens is 383 g/mol. The molecule has 158 valence electrons. The van der Waals surface area contributed by atoms with Crippen LogP contribution in [0.15, 0.2) is 52.9 Å². The molecule has 2 heterocycles. The Balaban J connectivity index is 1.39. The predicted molar refractivity (Wildman–Crippen MR) is 113 cm³/mol. The molecule has 4 rings (SSSR count). The number of rotatable bonds is 7. The van der Waals surface area contributed by atoms with Gasteiger partial charge in [0.15, 0.2) is 0 Å². The maximum Gasteiger partial charge on any atom is 0.229 e. The number of aromatic nitrogens is 1. The Morgan fingerprint density at radius 1 is 1.20 bits per heavy atom. The normalized spacial score (nSPS) is 17.2. The molecule has 0 amide bonds. The van der Waals surface area contributed by atoms with Crippen LogP contribution in [0.25, 0.3) is 11.5 Å². The zero-order valence-electron chi connectivity index (χ0n) is 17.4. The molecule has 1 aliphatic heterocycles. The van der Waals surface area contributed by atoms with Crippen LogP contribution in [0.4, 0.5) is 4.39 Å². The molecule has 30 heavy (non-hydrogen) atoms. The van der Waals surface area contributed by atoms with Crippen molar-refractivity contribution in [2.45, 2.75) is 39.0 Å². The molecule has 5 nitrogen and oxygen atoms in total. The number of oxazole rings is 1. The zero-order chi connectivity index (χ0) is 20.9. The molecular formula is C24H27FN2O3. The lowest BCUT2D eigenvalue weighted by molar-refractivity contribution is -0.0123. The first kappa shape index (κ1) is 20.6. The Labute approximate surface area is 176 Å². The third-order valence-electron chi connectivity index (χ3n) is 5.46. The SMILES string of the molecule is COc1ccc(-c2nc(CN3CCC[C@H](OCc4ccccc4)C3)c(C)o2)c(F)c1. The van der Waals surface area contributed by atoms with Crippen LogP contribution in [0.2, 0.25) is 0 Å². The number of hydrogen-bond acceptors (Lipinski definition) is 5. The molecule has 0 aliphatic carbocycles. The van der Waals surface area contributed by atoms with Gasteiger partial charge >= 0.3 is 0 Å². The van der Waals surface area contributed by atoms with Crippen molar-refractivity contribution in [1.82, 2.24) is 9.88 Å². The largest absolute Gasteiger partial charge is 0.497 e. The summed E-state index contributed by atoms with van der Waals surface area (Å²) in [5, 5.41) is 0. The van der Waals surface area contributed by atoms with Crippen molar-refractivity contribution in [3.05, 3.63) is 71.4 Å². The quantitative estimate of drug-likeness (QED) is 0.550. The number of ether oxygens (including phenoxy) is 2. The highest BCUT2D eigenvalue weighted by atomic mass is 19.1. The summed E-state index contributed by atoms with van der Waals surface area (Å²) in [7, 11) is 1.51. The Kier molecular flexibility index (Phi) is 6.45. The van der Waals surface area contributed by atoms with E-state index < -0.39 is 5.82 Å². The van der Waals surface area contributed by atoms with Gasteiger partial charge in [0.25, 0.3) is 0 Å². The van der Waals surface area contributed by atoms with E-state index in [4.69, 9.17) is 13.9 Å². The second-order valence-electron chi connectivity index (χ2n) is 7.66. The molecule has 1 saturated heterocycles. The van der Waals surface area contributed by atoms with E-state index in [1.165, 1.54) is 18.7 Å². The summed E-state index contributed by atoms with van der Waals surface area (Å²) >= 11 is 0. The first-order valence-corrected chi connectivity index (χ1v) is 10.3. The summed E-state index contributed by atoms with van der Waals surface area (Å²) in [6, 6.07) is 14.9. The fourth-order valence-corrected chi connectivity index (χ4v) is 3.78. The monoisotopic (exact) mass is 410 g/mol. The Bertz CT molecular complexity index is 974. The number of piperidine rings is 1. The lowest BCUT2D eigenvalue weighted by Crippen LogP contribution is -2.39. The average molecular weight is 410 g/mol. The number of halogens is 1. The fourth-order valence-electron chi connectivity index (χ4n) is 3.78. The van der Waals surface area contributed by atoms with Crippen molar-refractivity contribution in [1.29, 1.82) is 0 Å². The van der Waals surface area contributed by atoms with Gasteiger partial charge in [-0.15, -0.1) is 0 Å². The van der Waals surface area contributed by atoms with Crippen LogP contribution in [0.1, 0.15) is 29.9 Å². The summed E-state index contributed by atoms with van der Waals surface area (Å²) in [6.07, 6.45) is 2.34. The second-order valence-corrected chi connectivity index (χ2v) is 7.66. The average Bonchev–Trinajstić information content (AvgIpc) is 3.13. The number of hydrogen-bond donors (Lipinski definition) is 0. The van der Waals surface area contributed by atoms with Crippen LogP contribution in [-0.2, 0) is 17.9 Å².